The highest BCUT2D eigenvalue weighted by molar-refractivity contribution is 7.89. The second-order valence-electron chi connectivity index (χ2n) is 7.28. The molecule has 0 atom stereocenters. The van der Waals surface area contributed by atoms with E-state index in [1.54, 1.807) is 24.3 Å². The lowest BCUT2D eigenvalue weighted by atomic mass is 10.2. The Hall–Kier alpha value is -3.69. The van der Waals surface area contributed by atoms with Crippen LogP contribution in [0.2, 0.25) is 0 Å². The average molecular weight is 468 g/mol. The first-order valence-corrected chi connectivity index (χ1v) is 11.6. The number of likely N-dealkylation sites (N-methyl/N-ethyl adjacent to an activating group) is 1. The highest BCUT2D eigenvalue weighted by Crippen LogP contribution is 2.17. The maximum Gasteiger partial charge on any atom is 0.254 e. The number of nitrogens with one attached hydrogen (secondary N) is 2. The van der Waals surface area contributed by atoms with Crippen molar-refractivity contribution in [2.75, 3.05) is 26.0 Å². The molecular weight excluding hydrogens is 442 g/mol. The van der Waals surface area contributed by atoms with Gasteiger partial charge in [-0.1, -0.05) is 42.5 Å². The van der Waals surface area contributed by atoms with Gasteiger partial charge in [0.05, 0.1) is 18.6 Å². The van der Waals surface area contributed by atoms with Crippen LogP contribution in [-0.4, -0.2) is 45.8 Å². The van der Waals surface area contributed by atoms with Crippen molar-refractivity contribution in [1.29, 1.82) is 0 Å². The number of carbonyl (C=O) groups is 2. The first-order chi connectivity index (χ1) is 15.8. The highest BCUT2D eigenvalue weighted by atomic mass is 32.2. The van der Waals surface area contributed by atoms with Crippen LogP contribution in [0.15, 0.2) is 83.8 Å². The van der Waals surface area contributed by atoms with E-state index in [2.05, 4.69) is 10.0 Å². The molecule has 33 heavy (non-hydrogen) atoms. The van der Waals surface area contributed by atoms with E-state index >= 15 is 0 Å². The quantitative estimate of drug-likeness (QED) is 0.504. The summed E-state index contributed by atoms with van der Waals surface area (Å²) in [6.07, 6.45) is 0. The number of nitrogens with zero attached hydrogens (tertiary/aromatic N) is 1. The summed E-state index contributed by atoms with van der Waals surface area (Å²) in [6, 6.07) is 21.7. The number of benzene rings is 3. The van der Waals surface area contributed by atoms with Gasteiger partial charge < -0.3 is 15.0 Å². The fourth-order valence-corrected chi connectivity index (χ4v) is 4.13. The molecule has 0 bridgehead atoms. The monoisotopic (exact) mass is 467 g/mol. The molecule has 3 aromatic carbocycles. The number of sulfonamides is 1. The van der Waals surface area contributed by atoms with Crippen LogP contribution < -0.4 is 14.8 Å². The third-order valence-electron chi connectivity index (χ3n) is 4.78. The zero-order valence-electron chi connectivity index (χ0n) is 18.3. The minimum Gasteiger partial charge on any atom is -0.497 e. The lowest BCUT2D eigenvalue weighted by Gasteiger charge is -2.17. The molecule has 172 valence electrons. The topological polar surface area (TPSA) is 105 Å². The minimum atomic E-state index is -3.82. The smallest absolute Gasteiger partial charge is 0.254 e. The predicted molar refractivity (Wildman–Crippen MR) is 125 cm³/mol. The second-order valence-corrected chi connectivity index (χ2v) is 9.05. The van der Waals surface area contributed by atoms with Gasteiger partial charge in [-0.2, -0.15) is 0 Å². The van der Waals surface area contributed by atoms with Gasteiger partial charge in [0.2, 0.25) is 15.9 Å². The Morgan fingerprint density at radius 3 is 2.39 bits per heavy atom. The van der Waals surface area contributed by atoms with Crippen LogP contribution in [0.1, 0.15) is 15.9 Å². The molecule has 8 nitrogen and oxygen atoms in total. The van der Waals surface area contributed by atoms with Gasteiger partial charge in [-0.05, 0) is 35.9 Å². The summed E-state index contributed by atoms with van der Waals surface area (Å²) < 4.78 is 33.0. The average Bonchev–Trinajstić information content (AvgIpc) is 2.83. The van der Waals surface area contributed by atoms with E-state index in [1.807, 2.05) is 30.3 Å². The maximum absolute atomic E-state index is 12.8. The van der Waals surface area contributed by atoms with Crippen LogP contribution in [0.4, 0.5) is 5.69 Å². The highest BCUT2D eigenvalue weighted by Gasteiger charge is 2.19. The predicted octanol–water partition coefficient (Wildman–Crippen LogP) is 2.88. The number of amides is 2. The summed E-state index contributed by atoms with van der Waals surface area (Å²) in [5.74, 6) is -0.278. The van der Waals surface area contributed by atoms with E-state index in [-0.39, 0.29) is 23.5 Å². The summed E-state index contributed by atoms with van der Waals surface area (Å²) >= 11 is 0. The molecule has 0 heterocycles. The molecule has 2 N–H and O–H groups in total. The number of hydrogen-bond donors (Lipinski definition) is 2. The van der Waals surface area contributed by atoms with Crippen molar-refractivity contribution in [3.8, 4) is 5.75 Å². The summed E-state index contributed by atoms with van der Waals surface area (Å²) in [6.45, 7) is -0.0784. The second kappa shape index (κ2) is 10.8. The van der Waals surface area contributed by atoms with Crippen molar-refractivity contribution >= 4 is 27.5 Å². The summed E-state index contributed by atoms with van der Waals surface area (Å²) in [7, 11) is -0.821. The molecule has 0 aromatic heterocycles. The van der Waals surface area contributed by atoms with Crippen molar-refractivity contribution in [1.82, 2.24) is 9.62 Å². The summed E-state index contributed by atoms with van der Waals surface area (Å²) in [5.41, 5.74) is 1.52. The molecule has 3 aromatic rings. The lowest BCUT2D eigenvalue weighted by molar-refractivity contribution is -0.116. The first-order valence-electron chi connectivity index (χ1n) is 10.1. The Kier molecular flexibility index (Phi) is 7.81. The Morgan fingerprint density at radius 1 is 0.939 bits per heavy atom. The van der Waals surface area contributed by atoms with Crippen molar-refractivity contribution in [3.63, 3.8) is 0 Å². The molecular formula is C24H25N3O5S. The minimum absolute atomic E-state index is 0.0292. The van der Waals surface area contributed by atoms with Crippen molar-refractivity contribution in [2.24, 2.45) is 0 Å². The van der Waals surface area contributed by atoms with Crippen molar-refractivity contribution in [2.45, 2.75) is 11.4 Å². The fourth-order valence-electron chi connectivity index (χ4n) is 3.06. The van der Waals surface area contributed by atoms with Gasteiger partial charge in [0, 0.05) is 30.9 Å². The number of anilines is 1. The van der Waals surface area contributed by atoms with Crippen molar-refractivity contribution in [3.05, 3.63) is 90.0 Å². The van der Waals surface area contributed by atoms with E-state index in [0.29, 0.717) is 11.4 Å². The Bertz CT molecular complexity index is 1230. The van der Waals surface area contributed by atoms with Crippen molar-refractivity contribution < 1.29 is 22.7 Å². The van der Waals surface area contributed by atoms with Gasteiger partial charge >= 0.3 is 0 Å². The van der Waals surface area contributed by atoms with E-state index in [9.17, 15) is 18.0 Å². The molecule has 3 rings (SSSR count). The number of ether oxygens (including phenoxy) is 1. The van der Waals surface area contributed by atoms with E-state index in [1.165, 1.54) is 43.3 Å². The first kappa shape index (κ1) is 24.0. The Labute approximate surface area is 193 Å². The zero-order valence-corrected chi connectivity index (χ0v) is 19.1. The van der Waals surface area contributed by atoms with E-state index in [0.717, 1.165) is 5.56 Å². The molecule has 0 aliphatic carbocycles. The number of hydrogen-bond acceptors (Lipinski definition) is 5. The van der Waals surface area contributed by atoms with Gasteiger partial charge in [-0.25, -0.2) is 13.1 Å². The number of rotatable bonds is 9. The van der Waals surface area contributed by atoms with E-state index in [4.69, 9.17) is 4.74 Å². The third-order valence-corrected chi connectivity index (χ3v) is 6.18. The Balaban J connectivity index is 1.64. The molecule has 9 heteroatoms. The van der Waals surface area contributed by atoms with Crippen LogP contribution in [0, 0.1) is 0 Å². The molecule has 0 aliphatic rings. The fraction of sp³-hybridized carbons (Fsp3) is 0.167. The lowest BCUT2D eigenvalue weighted by Crippen LogP contribution is -2.35. The van der Waals surface area contributed by atoms with Gasteiger partial charge in [0.1, 0.15) is 5.75 Å². The largest absolute Gasteiger partial charge is 0.497 e. The normalized spacial score (nSPS) is 11.0. The zero-order chi connectivity index (χ0) is 23.8. The Morgan fingerprint density at radius 2 is 1.67 bits per heavy atom. The van der Waals surface area contributed by atoms with Gasteiger partial charge in [0.25, 0.3) is 5.91 Å². The SMILES string of the molecule is COc1cccc(NC(=O)CN(C)C(=O)c2cccc(S(=O)(=O)NCc3ccccc3)c2)c1. The number of methoxy groups -OCH3 is 1. The standard InChI is InChI=1S/C24H25N3O5S/c1-27(17-23(28)26-20-11-7-12-21(15-20)32-2)24(29)19-10-6-13-22(14-19)33(30,31)25-16-18-8-4-3-5-9-18/h3-15,25H,16-17H2,1-2H3,(H,26,28). The molecule has 0 radical (unpaired) electrons. The molecule has 0 saturated heterocycles. The molecule has 2 amide bonds. The molecule has 0 aliphatic heterocycles. The van der Waals surface area contributed by atoms with Gasteiger partial charge in [0.15, 0.2) is 0 Å². The summed E-state index contributed by atoms with van der Waals surface area (Å²) in [4.78, 5) is 26.3. The van der Waals surface area contributed by atoms with Gasteiger partial charge in [-0.15, -0.1) is 0 Å². The van der Waals surface area contributed by atoms with Gasteiger partial charge in [-0.3, -0.25) is 9.59 Å². The van der Waals surface area contributed by atoms with Crippen LogP contribution >= 0.6 is 0 Å². The number of carbonyl (C=O) groups excluding carboxylic acids is 2. The maximum atomic E-state index is 12.8. The molecule has 0 saturated carbocycles. The molecule has 0 spiro atoms. The van der Waals surface area contributed by atoms with Crippen LogP contribution in [0.25, 0.3) is 0 Å². The molecule has 0 unspecified atom stereocenters. The van der Waals surface area contributed by atoms with Crippen LogP contribution in [0.3, 0.4) is 0 Å². The van der Waals surface area contributed by atoms with Crippen LogP contribution in [-0.2, 0) is 21.4 Å². The summed E-state index contributed by atoms with van der Waals surface area (Å²) in [5, 5.41) is 2.70. The third kappa shape index (κ3) is 6.64. The van der Waals surface area contributed by atoms with Crippen LogP contribution in [0.5, 0.6) is 5.75 Å². The van der Waals surface area contributed by atoms with E-state index < -0.39 is 21.8 Å². The molecule has 0 fully saturated rings.